The van der Waals surface area contributed by atoms with Crippen LogP contribution >= 0.6 is 0 Å². The molecular formula is C17H19N3O. The van der Waals surface area contributed by atoms with Gasteiger partial charge in [-0.2, -0.15) is 5.10 Å². The van der Waals surface area contributed by atoms with Crippen molar-refractivity contribution in [1.82, 2.24) is 15.1 Å². The summed E-state index contributed by atoms with van der Waals surface area (Å²) in [7, 11) is 0. The first-order valence-electron chi connectivity index (χ1n) is 7.11. The van der Waals surface area contributed by atoms with Crippen molar-refractivity contribution in [3.8, 4) is 5.69 Å². The maximum Gasteiger partial charge on any atom is 0.120 e. The highest BCUT2D eigenvalue weighted by Gasteiger charge is 2.08. The quantitative estimate of drug-likeness (QED) is 0.776. The summed E-state index contributed by atoms with van der Waals surface area (Å²) >= 11 is 0. The Labute approximate surface area is 124 Å². The zero-order valence-corrected chi connectivity index (χ0v) is 12.3. The topological polar surface area (TPSA) is 43.0 Å². The van der Waals surface area contributed by atoms with Gasteiger partial charge in [-0.05, 0) is 49.7 Å². The standard InChI is InChI=1S/C17H19N3O/c1-13-4-9-17(21-13)14(2)18-12-15-5-7-16(8-6-15)20-11-3-10-19-20/h3-11,14,18H,12H2,1-2H3/t14-/m0/s1. The molecule has 0 radical (unpaired) electrons. The van der Waals surface area contributed by atoms with Crippen LogP contribution in [0.1, 0.15) is 30.0 Å². The Balaban J connectivity index is 1.61. The lowest BCUT2D eigenvalue weighted by molar-refractivity contribution is 0.416. The Bertz CT molecular complexity index is 683. The van der Waals surface area contributed by atoms with E-state index in [4.69, 9.17) is 4.42 Å². The summed E-state index contributed by atoms with van der Waals surface area (Å²) in [5.41, 5.74) is 2.31. The van der Waals surface area contributed by atoms with Gasteiger partial charge in [-0.15, -0.1) is 0 Å². The highest BCUT2D eigenvalue weighted by molar-refractivity contribution is 5.33. The molecular weight excluding hydrogens is 262 g/mol. The van der Waals surface area contributed by atoms with Crippen LogP contribution in [0.4, 0.5) is 0 Å². The van der Waals surface area contributed by atoms with Crippen molar-refractivity contribution >= 4 is 0 Å². The molecule has 2 aromatic heterocycles. The fourth-order valence-corrected chi connectivity index (χ4v) is 2.25. The van der Waals surface area contributed by atoms with Gasteiger partial charge in [0.2, 0.25) is 0 Å². The van der Waals surface area contributed by atoms with Gasteiger partial charge >= 0.3 is 0 Å². The Hall–Kier alpha value is -2.33. The fraction of sp³-hybridized carbons (Fsp3) is 0.235. The monoisotopic (exact) mass is 281 g/mol. The number of benzene rings is 1. The van der Waals surface area contributed by atoms with E-state index in [1.165, 1.54) is 5.56 Å². The first-order chi connectivity index (χ1) is 10.2. The SMILES string of the molecule is Cc1ccc([C@H](C)NCc2ccc(-n3cccn3)cc2)o1. The normalized spacial score (nSPS) is 12.5. The molecule has 1 aromatic carbocycles. The molecule has 0 aliphatic rings. The third-order valence-electron chi connectivity index (χ3n) is 3.51. The second-order valence-corrected chi connectivity index (χ2v) is 5.17. The van der Waals surface area contributed by atoms with Crippen LogP contribution in [-0.2, 0) is 6.54 Å². The van der Waals surface area contributed by atoms with Gasteiger partial charge in [-0.25, -0.2) is 4.68 Å². The van der Waals surface area contributed by atoms with Gasteiger partial charge in [-0.1, -0.05) is 12.1 Å². The lowest BCUT2D eigenvalue weighted by Crippen LogP contribution is -2.17. The fourth-order valence-electron chi connectivity index (χ4n) is 2.25. The average molecular weight is 281 g/mol. The molecule has 0 aliphatic heterocycles. The smallest absolute Gasteiger partial charge is 0.120 e. The predicted molar refractivity (Wildman–Crippen MR) is 82.3 cm³/mol. The van der Waals surface area contributed by atoms with Crippen molar-refractivity contribution in [3.63, 3.8) is 0 Å². The molecule has 21 heavy (non-hydrogen) atoms. The van der Waals surface area contributed by atoms with Gasteiger partial charge in [0.25, 0.3) is 0 Å². The van der Waals surface area contributed by atoms with Gasteiger partial charge in [0.1, 0.15) is 11.5 Å². The minimum Gasteiger partial charge on any atom is -0.465 e. The third kappa shape index (κ3) is 3.23. The van der Waals surface area contributed by atoms with Crippen LogP contribution < -0.4 is 5.32 Å². The maximum atomic E-state index is 5.63. The van der Waals surface area contributed by atoms with E-state index in [9.17, 15) is 0 Å². The summed E-state index contributed by atoms with van der Waals surface area (Å²) in [6.07, 6.45) is 3.72. The number of aryl methyl sites for hydroxylation is 1. The van der Waals surface area contributed by atoms with E-state index >= 15 is 0 Å². The molecule has 0 bridgehead atoms. The van der Waals surface area contributed by atoms with E-state index in [-0.39, 0.29) is 6.04 Å². The van der Waals surface area contributed by atoms with E-state index in [2.05, 4.69) is 41.6 Å². The van der Waals surface area contributed by atoms with E-state index in [0.717, 1.165) is 23.8 Å². The molecule has 0 unspecified atom stereocenters. The van der Waals surface area contributed by atoms with Crippen molar-refractivity contribution < 1.29 is 4.42 Å². The molecule has 4 heteroatoms. The molecule has 0 saturated heterocycles. The van der Waals surface area contributed by atoms with Crippen LogP contribution in [0.25, 0.3) is 5.69 Å². The first-order valence-corrected chi connectivity index (χ1v) is 7.11. The number of rotatable bonds is 5. The van der Waals surface area contributed by atoms with Crippen molar-refractivity contribution in [1.29, 1.82) is 0 Å². The number of aromatic nitrogens is 2. The molecule has 1 atom stereocenters. The third-order valence-corrected chi connectivity index (χ3v) is 3.51. The maximum absolute atomic E-state index is 5.63. The minimum atomic E-state index is 0.199. The Morgan fingerprint density at radius 2 is 2.00 bits per heavy atom. The Morgan fingerprint density at radius 3 is 2.62 bits per heavy atom. The summed E-state index contributed by atoms with van der Waals surface area (Å²) in [5, 5.41) is 7.69. The van der Waals surface area contributed by atoms with Gasteiger partial charge in [0.15, 0.2) is 0 Å². The highest BCUT2D eigenvalue weighted by Crippen LogP contribution is 2.16. The molecule has 0 aliphatic carbocycles. The van der Waals surface area contributed by atoms with Gasteiger partial charge in [-0.3, -0.25) is 0 Å². The second kappa shape index (κ2) is 5.97. The number of furan rings is 1. The van der Waals surface area contributed by atoms with E-state index in [1.807, 2.05) is 36.0 Å². The predicted octanol–water partition coefficient (Wildman–Crippen LogP) is 3.62. The number of nitrogens with zero attached hydrogens (tertiary/aromatic N) is 2. The van der Waals surface area contributed by atoms with E-state index in [1.54, 1.807) is 6.20 Å². The molecule has 0 saturated carbocycles. The molecule has 0 fully saturated rings. The van der Waals surface area contributed by atoms with Gasteiger partial charge in [0, 0.05) is 18.9 Å². The van der Waals surface area contributed by atoms with Crippen molar-refractivity contribution in [3.05, 3.63) is 71.9 Å². The molecule has 1 N–H and O–H groups in total. The summed E-state index contributed by atoms with van der Waals surface area (Å²) in [4.78, 5) is 0. The highest BCUT2D eigenvalue weighted by atomic mass is 16.3. The van der Waals surface area contributed by atoms with Crippen LogP contribution in [0, 0.1) is 6.92 Å². The Morgan fingerprint density at radius 1 is 1.19 bits per heavy atom. The number of hydrogen-bond acceptors (Lipinski definition) is 3. The van der Waals surface area contributed by atoms with Crippen molar-refractivity contribution in [2.24, 2.45) is 0 Å². The molecule has 0 spiro atoms. The van der Waals surface area contributed by atoms with Crippen LogP contribution in [0.5, 0.6) is 0 Å². The zero-order valence-electron chi connectivity index (χ0n) is 12.3. The lowest BCUT2D eigenvalue weighted by atomic mass is 10.2. The largest absolute Gasteiger partial charge is 0.465 e. The number of hydrogen-bond donors (Lipinski definition) is 1. The minimum absolute atomic E-state index is 0.199. The van der Waals surface area contributed by atoms with Gasteiger partial charge in [0.05, 0.1) is 11.7 Å². The summed E-state index contributed by atoms with van der Waals surface area (Å²) < 4.78 is 7.48. The molecule has 4 nitrogen and oxygen atoms in total. The molecule has 0 amide bonds. The second-order valence-electron chi connectivity index (χ2n) is 5.17. The van der Waals surface area contributed by atoms with Crippen LogP contribution in [0.15, 0.2) is 59.3 Å². The van der Waals surface area contributed by atoms with Crippen LogP contribution in [-0.4, -0.2) is 9.78 Å². The van der Waals surface area contributed by atoms with Crippen molar-refractivity contribution in [2.45, 2.75) is 26.4 Å². The van der Waals surface area contributed by atoms with Crippen molar-refractivity contribution in [2.75, 3.05) is 0 Å². The average Bonchev–Trinajstić information content (AvgIpc) is 3.16. The summed E-state index contributed by atoms with van der Waals surface area (Å²) in [6.45, 7) is 4.88. The molecule has 2 heterocycles. The van der Waals surface area contributed by atoms with Crippen LogP contribution in [0.2, 0.25) is 0 Å². The lowest BCUT2D eigenvalue weighted by Gasteiger charge is -2.11. The Kier molecular flexibility index (Phi) is 3.88. The zero-order chi connectivity index (χ0) is 14.7. The number of nitrogens with one attached hydrogen (secondary N) is 1. The molecule has 108 valence electrons. The molecule has 3 aromatic rings. The van der Waals surface area contributed by atoms with E-state index < -0.39 is 0 Å². The van der Waals surface area contributed by atoms with Crippen LogP contribution in [0.3, 0.4) is 0 Å². The molecule has 3 rings (SSSR count). The van der Waals surface area contributed by atoms with E-state index in [0.29, 0.717) is 0 Å². The first kappa shape index (κ1) is 13.6. The summed E-state index contributed by atoms with van der Waals surface area (Å²) in [6, 6.07) is 14.5. The summed E-state index contributed by atoms with van der Waals surface area (Å²) in [5.74, 6) is 1.92. The van der Waals surface area contributed by atoms with Gasteiger partial charge < -0.3 is 9.73 Å².